The van der Waals surface area contributed by atoms with Gasteiger partial charge in [0.15, 0.2) is 21.7 Å². The summed E-state index contributed by atoms with van der Waals surface area (Å²) in [5, 5.41) is 17.8. The normalized spacial score (nSPS) is 19.5. The molecule has 2 amide bonds. The first kappa shape index (κ1) is 24.9. The molecule has 0 aliphatic carbocycles. The number of rotatable bonds is 8. The molecule has 2 aliphatic rings. The topological polar surface area (TPSA) is 165 Å². The number of carboxylic acids is 1. The van der Waals surface area contributed by atoms with Crippen LogP contribution in [0.2, 0.25) is 5.15 Å². The van der Waals surface area contributed by atoms with Gasteiger partial charge in [-0.05, 0) is 23.7 Å². The van der Waals surface area contributed by atoms with E-state index in [0.717, 1.165) is 21.9 Å². The molecule has 0 bridgehead atoms. The van der Waals surface area contributed by atoms with E-state index in [1.54, 1.807) is 33.5 Å². The number of nitrogens with two attached hydrogens (primary N) is 1. The zero-order chi connectivity index (χ0) is 26.3. The van der Waals surface area contributed by atoms with E-state index in [1.165, 1.54) is 24.3 Å². The molecule has 0 spiro atoms. The smallest absolute Gasteiger partial charge is 0.356 e. The lowest BCUT2D eigenvalue weighted by Crippen LogP contribution is -2.71. The molecule has 192 valence electrons. The lowest BCUT2D eigenvalue weighted by atomic mass is 10.0. The minimum atomic E-state index is -1.31. The molecule has 37 heavy (non-hydrogen) atoms. The number of nitrogens with zero attached hydrogens (tertiary/aromatic N) is 5. The summed E-state index contributed by atoms with van der Waals surface area (Å²) in [6.45, 7) is 0.00396. The third-order valence-corrected chi connectivity index (χ3v) is 7.84. The Labute approximate surface area is 222 Å². The number of carbonyl (C=O) groups is 3. The largest absolute Gasteiger partial charge is 0.476 e. The highest BCUT2D eigenvalue weighted by molar-refractivity contribution is 8.00. The van der Waals surface area contributed by atoms with Crippen molar-refractivity contribution in [3.05, 3.63) is 58.3 Å². The number of thioether (sulfide) groups is 1. The van der Waals surface area contributed by atoms with Gasteiger partial charge in [-0.3, -0.25) is 14.5 Å². The van der Waals surface area contributed by atoms with E-state index in [4.69, 9.17) is 26.9 Å². The van der Waals surface area contributed by atoms with Crippen molar-refractivity contribution < 1.29 is 33.6 Å². The van der Waals surface area contributed by atoms with Crippen LogP contribution in [0.1, 0.15) is 5.69 Å². The Hall–Kier alpha value is -3.82. The number of halogens is 1. The number of nitrogens with one attached hydrogen (secondary N) is 1. The molecule has 5 rings (SSSR count). The molecular weight excluding hydrogens is 546 g/mol. The van der Waals surface area contributed by atoms with Crippen LogP contribution in [0.5, 0.6) is 0 Å². The predicted octanol–water partition coefficient (Wildman–Crippen LogP) is 0.640. The Kier molecular flexibility index (Phi) is 6.66. The molecule has 0 saturated carbocycles. The van der Waals surface area contributed by atoms with E-state index in [1.807, 2.05) is 6.07 Å². The molecule has 0 radical (unpaired) electrons. The van der Waals surface area contributed by atoms with Gasteiger partial charge in [-0.2, -0.15) is 8.97 Å². The zero-order valence-corrected chi connectivity index (χ0v) is 21.4. The lowest BCUT2D eigenvalue weighted by Gasteiger charge is -2.48. The number of hydrogen-bond donors (Lipinski definition) is 3. The highest BCUT2D eigenvalue weighted by Gasteiger charge is 2.55. The van der Waals surface area contributed by atoms with Crippen LogP contribution >= 0.6 is 34.7 Å². The van der Waals surface area contributed by atoms with Crippen LogP contribution in [0.25, 0.3) is 5.65 Å². The Bertz CT molecular complexity index is 1480. The van der Waals surface area contributed by atoms with E-state index >= 15 is 0 Å². The fraction of sp³-hybridized carbons (Fsp3) is 0.238. The first-order chi connectivity index (χ1) is 17.8. The predicted molar refractivity (Wildman–Crippen MR) is 133 cm³/mol. The van der Waals surface area contributed by atoms with E-state index in [9.17, 15) is 19.5 Å². The van der Waals surface area contributed by atoms with Crippen LogP contribution in [-0.4, -0.2) is 67.2 Å². The zero-order valence-electron chi connectivity index (χ0n) is 19.0. The highest BCUT2D eigenvalue weighted by Crippen LogP contribution is 2.40. The van der Waals surface area contributed by atoms with E-state index in [-0.39, 0.29) is 40.5 Å². The van der Waals surface area contributed by atoms with Crippen molar-refractivity contribution in [3.63, 3.8) is 0 Å². The number of carbonyl (C=O) groups excluding carboxylic acids is 2. The summed E-state index contributed by atoms with van der Waals surface area (Å²) in [7, 11) is 1.27. The van der Waals surface area contributed by atoms with Crippen molar-refractivity contribution in [3.8, 4) is 0 Å². The number of thiazole rings is 1. The van der Waals surface area contributed by atoms with Crippen LogP contribution in [-0.2, 0) is 30.7 Å². The van der Waals surface area contributed by atoms with Crippen LogP contribution in [0.4, 0.5) is 5.13 Å². The number of nitrogen functional groups attached to an aromatic ring is 1. The fourth-order valence-corrected chi connectivity index (χ4v) is 5.99. The molecule has 0 aromatic carbocycles. The molecule has 2 atom stereocenters. The maximum absolute atomic E-state index is 13.0. The summed E-state index contributed by atoms with van der Waals surface area (Å²) in [5.74, 6) is -2.29. The number of carboxylic acid groups (broad SMARTS) is 1. The average Bonchev–Trinajstić information content (AvgIpc) is 3.50. The van der Waals surface area contributed by atoms with Crippen molar-refractivity contribution >= 4 is 69.0 Å². The standard InChI is InChI=1S/C21H18ClN7O6S2/c1-34-26-14(10-7-37-21(23)24-10)17(30)25-15-18(31)29-16(20(32)33)11(8-36-19(15)29)35-9-27-5-6-28-12(22)3-2-4-13(27)28/h2-7,15,19H,8-9H2,1H3,(H3-,23,24,25,30,32,33)/p+1/b26-14-/t15-,19+/m1/s1. The van der Waals surface area contributed by atoms with Crippen LogP contribution in [0, 0.1) is 0 Å². The molecule has 1 fully saturated rings. The number of ether oxygens (including phenoxy) is 1. The van der Waals surface area contributed by atoms with Gasteiger partial charge in [0.25, 0.3) is 17.5 Å². The maximum atomic E-state index is 13.0. The Morgan fingerprint density at radius 3 is 2.95 bits per heavy atom. The molecule has 3 aromatic rings. The first-order valence-electron chi connectivity index (χ1n) is 10.6. The van der Waals surface area contributed by atoms with E-state index in [0.29, 0.717) is 5.15 Å². The van der Waals surface area contributed by atoms with Gasteiger partial charge in [0, 0.05) is 11.4 Å². The van der Waals surface area contributed by atoms with Crippen molar-refractivity contribution in [2.75, 3.05) is 18.6 Å². The summed E-state index contributed by atoms with van der Waals surface area (Å²) in [4.78, 5) is 47.8. The van der Waals surface area contributed by atoms with Crippen molar-refractivity contribution in [2.24, 2.45) is 5.16 Å². The monoisotopic (exact) mass is 564 g/mol. The van der Waals surface area contributed by atoms with Crippen LogP contribution < -0.4 is 15.6 Å². The van der Waals surface area contributed by atoms with Gasteiger partial charge in [0.1, 0.15) is 42.4 Å². The summed E-state index contributed by atoms with van der Waals surface area (Å²) < 4.78 is 9.34. The quantitative estimate of drug-likeness (QED) is 0.117. The van der Waals surface area contributed by atoms with Gasteiger partial charge >= 0.3 is 5.97 Å². The Morgan fingerprint density at radius 1 is 1.43 bits per heavy atom. The van der Waals surface area contributed by atoms with Gasteiger partial charge in [-0.15, -0.1) is 23.1 Å². The van der Waals surface area contributed by atoms with Gasteiger partial charge < -0.3 is 25.7 Å². The average molecular weight is 565 g/mol. The van der Waals surface area contributed by atoms with E-state index < -0.39 is 29.2 Å². The number of oxime groups is 1. The number of amides is 2. The number of β-lactam (4-membered cyclic amide) rings is 1. The SMILES string of the molecule is CO/N=C(\C(=O)N[C@@H]1C(=O)N2C(C(=O)O)=C(OC[n+]3ccn4c(Cl)cccc43)CS[C@@H]12)c1csc(N)n1. The molecule has 0 unspecified atom stereocenters. The lowest BCUT2D eigenvalue weighted by molar-refractivity contribution is -0.705. The number of fused-ring (bicyclic) bond motifs is 2. The third-order valence-electron chi connectivity index (χ3n) is 5.61. The Balaban J connectivity index is 1.32. The summed E-state index contributed by atoms with van der Waals surface area (Å²) in [6.07, 6.45) is 3.50. The highest BCUT2D eigenvalue weighted by atomic mass is 35.5. The summed E-state index contributed by atoms with van der Waals surface area (Å²) >= 11 is 8.57. The van der Waals surface area contributed by atoms with Crippen molar-refractivity contribution in [1.29, 1.82) is 0 Å². The van der Waals surface area contributed by atoms with Crippen molar-refractivity contribution in [1.82, 2.24) is 19.6 Å². The molecule has 4 N–H and O–H groups in total. The molecular formula is C21H19ClN7O6S2+. The fourth-order valence-electron chi connectivity index (χ4n) is 3.95. The third kappa shape index (κ3) is 4.45. The number of aliphatic carboxylic acids is 1. The van der Waals surface area contributed by atoms with E-state index in [2.05, 4.69) is 15.5 Å². The number of imidazole rings is 1. The number of pyridine rings is 1. The Morgan fingerprint density at radius 2 is 2.24 bits per heavy atom. The van der Waals surface area contributed by atoms with Crippen LogP contribution in [0.3, 0.4) is 0 Å². The molecule has 3 aromatic heterocycles. The van der Waals surface area contributed by atoms with Gasteiger partial charge in [0.05, 0.1) is 5.75 Å². The number of anilines is 1. The van der Waals surface area contributed by atoms with Crippen LogP contribution in [0.15, 0.2) is 52.6 Å². The molecule has 13 nitrogen and oxygen atoms in total. The first-order valence-corrected chi connectivity index (χ1v) is 12.9. The van der Waals surface area contributed by atoms with Crippen molar-refractivity contribution in [2.45, 2.75) is 18.1 Å². The van der Waals surface area contributed by atoms with Gasteiger partial charge in [-0.1, -0.05) is 5.16 Å². The van der Waals surface area contributed by atoms with Gasteiger partial charge in [-0.25, -0.2) is 9.78 Å². The summed E-state index contributed by atoms with van der Waals surface area (Å²) in [6, 6.07) is 4.39. The number of hydrogen-bond acceptors (Lipinski definition) is 10. The van der Waals surface area contributed by atoms with Gasteiger partial charge in [0.2, 0.25) is 6.73 Å². The second-order valence-corrected chi connectivity index (χ2v) is 10.1. The minimum absolute atomic E-state index is 0.00396. The minimum Gasteiger partial charge on any atom is -0.476 e. The molecule has 5 heterocycles. The molecule has 1 saturated heterocycles. The maximum Gasteiger partial charge on any atom is 0.356 e. The second kappa shape index (κ2) is 9.91. The molecule has 2 aliphatic heterocycles. The molecule has 16 heteroatoms. The summed E-state index contributed by atoms with van der Waals surface area (Å²) in [5.41, 5.74) is 6.16. The number of aromatic nitrogens is 3. The second-order valence-electron chi connectivity index (χ2n) is 7.75.